The average Bonchev–Trinajstić information content (AvgIpc) is 3.17. The van der Waals surface area contributed by atoms with Gasteiger partial charge in [-0.05, 0) is 48.5 Å². The van der Waals surface area contributed by atoms with Crippen molar-refractivity contribution in [1.82, 2.24) is 14.7 Å². The van der Waals surface area contributed by atoms with Crippen LogP contribution in [0.3, 0.4) is 0 Å². The molecule has 2 aromatic carbocycles. The molecule has 4 rings (SSSR count). The minimum Gasteiger partial charge on any atom is -0.366 e. The van der Waals surface area contributed by atoms with Crippen LogP contribution in [0.4, 0.5) is 0 Å². The minimum atomic E-state index is -3.48. The van der Waals surface area contributed by atoms with E-state index in [1.807, 2.05) is 24.4 Å². The predicted octanol–water partition coefficient (Wildman–Crippen LogP) is 3.64. The fraction of sp³-hybridized carbons (Fsp3) is 0.0476. The number of hydrogen-bond acceptors (Lipinski definition) is 4. The van der Waals surface area contributed by atoms with Crippen LogP contribution < -0.4 is 10.5 Å². The third-order valence-electron chi connectivity index (χ3n) is 4.78. The van der Waals surface area contributed by atoms with E-state index in [1.54, 1.807) is 42.6 Å². The molecule has 2 aromatic heterocycles. The number of sulfonamides is 1. The SMILES string of the molecule is CNS(=O)(=O)c1ccc(-c2cnc3[nH]cc(-c4ccc(C(N)=O)cc4)c3c2)cc1.[HH].[HH].[HH]. The van der Waals surface area contributed by atoms with Gasteiger partial charge in [-0.25, -0.2) is 18.1 Å². The number of pyridine rings is 1. The molecular weight excluding hydrogens is 388 g/mol. The highest BCUT2D eigenvalue weighted by Crippen LogP contribution is 2.31. The number of H-pyrrole nitrogens is 1. The van der Waals surface area contributed by atoms with E-state index >= 15 is 0 Å². The molecule has 0 saturated heterocycles. The number of benzene rings is 2. The summed E-state index contributed by atoms with van der Waals surface area (Å²) in [5.74, 6) is -0.469. The van der Waals surface area contributed by atoms with Crippen LogP contribution in [0.25, 0.3) is 33.3 Å². The monoisotopic (exact) mass is 412 g/mol. The third-order valence-corrected chi connectivity index (χ3v) is 6.21. The average molecular weight is 413 g/mol. The van der Waals surface area contributed by atoms with Gasteiger partial charge in [0, 0.05) is 38.8 Å². The molecule has 4 aromatic rings. The van der Waals surface area contributed by atoms with E-state index in [1.165, 1.54) is 7.05 Å². The van der Waals surface area contributed by atoms with Crippen molar-refractivity contribution in [3.05, 3.63) is 72.6 Å². The lowest BCUT2D eigenvalue weighted by Gasteiger charge is -2.06. The predicted molar refractivity (Wildman–Crippen MR) is 118 cm³/mol. The van der Waals surface area contributed by atoms with E-state index < -0.39 is 15.9 Å². The Kier molecular flexibility index (Phi) is 4.65. The molecule has 0 unspecified atom stereocenters. The molecule has 0 saturated carbocycles. The van der Waals surface area contributed by atoms with E-state index in [2.05, 4.69) is 14.7 Å². The fourth-order valence-electron chi connectivity index (χ4n) is 3.16. The lowest BCUT2D eigenvalue weighted by molar-refractivity contribution is 0.100. The highest BCUT2D eigenvalue weighted by Gasteiger charge is 2.13. The summed E-state index contributed by atoms with van der Waals surface area (Å²) >= 11 is 0. The van der Waals surface area contributed by atoms with Crippen molar-refractivity contribution in [3.63, 3.8) is 0 Å². The molecule has 1 amide bonds. The second-order valence-corrected chi connectivity index (χ2v) is 8.38. The Morgan fingerprint density at radius 1 is 1.03 bits per heavy atom. The van der Waals surface area contributed by atoms with Crippen molar-refractivity contribution in [2.24, 2.45) is 5.73 Å². The number of nitrogens with two attached hydrogens (primary N) is 1. The Hall–Kier alpha value is -3.49. The topological polar surface area (TPSA) is 118 Å². The highest BCUT2D eigenvalue weighted by molar-refractivity contribution is 7.89. The largest absolute Gasteiger partial charge is 0.366 e. The Morgan fingerprint density at radius 3 is 2.31 bits per heavy atom. The van der Waals surface area contributed by atoms with Crippen molar-refractivity contribution >= 4 is 27.0 Å². The summed E-state index contributed by atoms with van der Waals surface area (Å²) in [6.45, 7) is 0. The van der Waals surface area contributed by atoms with Crippen molar-refractivity contribution in [1.29, 1.82) is 0 Å². The molecule has 0 bridgehead atoms. The molecule has 0 atom stereocenters. The molecule has 152 valence electrons. The normalized spacial score (nSPS) is 11.6. The second-order valence-electron chi connectivity index (χ2n) is 6.50. The van der Waals surface area contributed by atoms with Crippen molar-refractivity contribution in [2.75, 3.05) is 7.05 Å². The first-order chi connectivity index (χ1) is 13.9. The van der Waals surface area contributed by atoms with Crippen LogP contribution in [0, 0.1) is 0 Å². The van der Waals surface area contributed by atoms with Crippen LogP contribution >= 0.6 is 0 Å². The standard InChI is InChI=1S/C21H18N4O3S.3H2/c1-23-29(27,28)17-8-6-13(7-9-17)16-10-18-19(12-25-21(18)24-11-16)14-2-4-15(5-3-14)20(22)26;;;/h2-12,23H,1H3,(H2,22,26)(H,24,25);3*1H. The van der Waals surface area contributed by atoms with Gasteiger partial charge >= 0.3 is 0 Å². The summed E-state index contributed by atoms with van der Waals surface area (Å²) in [5.41, 5.74) is 10.1. The zero-order valence-electron chi connectivity index (χ0n) is 15.5. The number of nitrogens with zero attached hydrogens (tertiary/aromatic N) is 1. The molecule has 0 spiro atoms. The van der Waals surface area contributed by atoms with E-state index in [-0.39, 0.29) is 9.18 Å². The van der Waals surface area contributed by atoms with Crippen molar-refractivity contribution < 1.29 is 17.5 Å². The first kappa shape index (κ1) is 18.9. The van der Waals surface area contributed by atoms with E-state index in [0.29, 0.717) is 5.56 Å². The first-order valence-electron chi connectivity index (χ1n) is 8.80. The number of aromatic nitrogens is 2. The lowest BCUT2D eigenvalue weighted by Crippen LogP contribution is -2.18. The van der Waals surface area contributed by atoms with Gasteiger partial charge in [0.05, 0.1) is 4.90 Å². The number of fused-ring (bicyclic) bond motifs is 1. The van der Waals surface area contributed by atoms with Gasteiger partial charge in [0.25, 0.3) is 0 Å². The smallest absolute Gasteiger partial charge is 0.248 e. The Labute approximate surface area is 172 Å². The molecule has 0 aliphatic heterocycles. The number of hydrogen-bond donors (Lipinski definition) is 3. The van der Waals surface area contributed by atoms with Gasteiger partial charge < -0.3 is 10.7 Å². The summed E-state index contributed by atoms with van der Waals surface area (Å²) in [4.78, 5) is 19.1. The summed E-state index contributed by atoms with van der Waals surface area (Å²) < 4.78 is 26.1. The van der Waals surface area contributed by atoms with Crippen LogP contribution in [-0.4, -0.2) is 31.3 Å². The van der Waals surface area contributed by atoms with Gasteiger partial charge in [-0.2, -0.15) is 0 Å². The quantitative estimate of drug-likeness (QED) is 0.464. The number of primary amides is 1. The molecule has 4 N–H and O–H groups in total. The molecule has 7 nitrogen and oxygen atoms in total. The second kappa shape index (κ2) is 7.16. The van der Waals surface area contributed by atoms with Crippen molar-refractivity contribution in [2.45, 2.75) is 4.90 Å². The molecule has 0 aliphatic rings. The van der Waals surface area contributed by atoms with E-state index in [0.717, 1.165) is 33.3 Å². The molecule has 0 radical (unpaired) electrons. The number of carbonyl (C=O) groups excluding carboxylic acids is 1. The highest BCUT2D eigenvalue weighted by atomic mass is 32.2. The Bertz CT molecular complexity index is 1320. The van der Waals surface area contributed by atoms with Gasteiger partial charge in [-0.3, -0.25) is 4.79 Å². The fourth-order valence-corrected chi connectivity index (χ4v) is 3.89. The zero-order chi connectivity index (χ0) is 20.6. The number of amides is 1. The van der Waals surface area contributed by atoms with E-state index in [9.17, 15) is 13.2 Å². The summed E-state index contributed by atoms with van der Waals surface area (Å²) in [6, 6.07) is 15.7. The minimum absolute atomic E-state index is 0. The molecule has 8 heteroatoms. The van der Waals surface area contributed by atoms with Crippen LogP contribution in [0.1, 0.15) is 14.6 Å². The van der Waals surface area contributed by atoms with Crippen molar-refractivity contribution in [3.8, 4) is 22.3 Å². The maximum atomic E-state index is 11.9. The van der Waals surface area contributed by atoms with E-state index in [4.69, 9.17) is 5.73 Å². The summed E-state index contributed by atoms with van der Waals surface area (Å²) in [5, 5.41) is 0.918. The maximum Gasteiger partial charge on any atom is 0.248 e. The number of nitrogens with one attached hydrogen (secondary N) is 2. The molecule has 29 heavy (non-hydrogen) atoms. The maximum absolute atomic E-state index is 11.9. The Balaban J connectivity index is 0.00000171. The molecule has 0 aliphatic carbocycles. The Morgan fingerprint density at radius 2 is 1.69 bits per heavy atom. The summed E-state index contributed by atoms with van der Waals surface area (Å²) in [7, 11) is -2.10. The summed E-state index contributed by atoms with van der Waals surface area (Å²) in [6.07, 6.45) is 3.60. The van der Waals surface area contributed by atoms with Crippen LogP contribution in [-0.2, 0) is 10.0 Å². The van der Waals surface area contributed by atoms with Gasteiger partial charge in [0.2, 0.25) is 15.9 Å². The van der Waals surface area contributed by atoms with Gasteiger partial charge in [0.15, 0.2) is 0 Å². The number of rotatable bonds is 5. The van der Waals surface area contributed by atoms with Crippen LogP contribution in [0.5, 0.6) is 0 Å². The molecule has 0 fully saturated rings. The number of carbonyl (C=O) groups is 1. The van der Waals surface area contributed by atoms with Gasteiger partial charge in [-0.15, -0.1) is 0 Å². The number of aromatic amines is 1. The van der Waals surface area contributed by atoms with Gasteiger partial charge in [-0.1, -0.05) is 24.3 Å². The lowest BCUT2D eigenvalue weighted by atomic mass is 10.0. The van der Waals surface area contributed by atoms with Gasteiger partial charge in [0.1, 0.15) is 5.65 Å². The molecule has 2 heterocycles. The zero-order valence-corrected chi connectivity index (χ0v) is 16.3. The first-order valence-corrected chi connectivity index (χ1v) is 10.3. The van der Waals surface area contributed by atoms with Crippen LogP contribution in [0.2, 0.25) is 0 Å². The molecular formula is C21H24N4O3S. The third kappa shape index (κ3) is 3.51. The van der Waals surface area contributed by atoms with Crippen LogP contribution in [0.15, 0.2) is 71.9 Å².